The number of thiazole rings is 1. The lowest BCUT2D eigenvalue weighted by Crippen LogP contribution is -2.44. The number of nitrogens with zero attached hydrogens (tertiary/aromatic N) is 3. The van der Waals surface area contributed by atoms with Gasteiger partial charge in [0.2, 0.25) is 5.91 Å². The van der Waals surface area contributed by atoms with E-state index in [1.165, 1.54) is 16.9 Å². The third-order valence-corrected chi connectivity index (χ3v) is 6.77. The largest absolute Gasteiger partial charge is 0.336 e. The van der Waals surface area contributed by atoms with Gasteiger partial charge in [-0.15, -0.1) is 11.3 Å². The van der Waals surface area contributed by atoms with Gasteiger partial charge in [0.1, 0.15) is 16.5 Å². The smallest absolute Gasteiger partial charge is 0.273 e. The van der Waals surface area contributed by atoms with Crippen molar-refractivity contribution in [3.63, 3.8) is 0 Å². The number of benzene rings is 1. The molecule has 32 heavy (non-hydrogen) atoms. The summed E-state index contributed by atoms with van der Waals surface area (Å²) in [5, 5.41) is 5.56. The number of hydrogen-bond donors (Lipinski definition) is 1. The first-order chi connectivity index (χ1) is 15.4. The van der Waals surface area contributed by atoms with Gasteiger partial charge < -0.3 is 10.2 Å². The molecule has 0 radical (unpaired) electrons. The van der Waals surface area contributed by atoms with Crippen LogP contribution in [0.1, 0.15) is 54.2 Å². The zero-order valence-electron chi connectivity index (χ0n) is 18.7. The quantitative estimate of drug-likeness (QED) is 0.587. The molecule has 1 aliphatic heterocycles. The standard InChI is InChI=1S/C25H28N4O2S/c1-16(2)18-8-10-19(11-9-18)24-27-21(15-32-24)25(31)29-13-5-7-20(14-29)23(30)28-22-17(3)6-4-12-26-22/h4,6,8-12,15-16,20H,5,7,13-14H2,1-3H3,(H,26,28,30). The Labute approximate surface area is 192 Å². The normalized spacial score (nSPS) is 16.2. The molecule has 4 rings (SSSR count). The van der Waals surface area contributed by atoms with Crippen LogP contribution in [0, 0.1) is 12.8 Å². The van der Waals surface area contributed by atoms with Crippen LogP contribution >= 0.6 is 11.3 Å². The maximum atomic E-state index is 13.1. The number of anilines is 1. The summed E-state index contributed by atoms with van der Waals surface area (Å²) in [5.41, 5.74) is 3.65. The van der Waals surface area contributed by atoms with Crippen LogP contribution in [-0.4, -0.2) is 39.8 Å². The van der Waals surface area contributed by atoms with E-state index in [1.807, 2.05) is 24.4 Å². The molecule has 2 aromatic heterocycles. The minimum absolute atomic E-state index is 0.0893. The highest BCUT2D eigenvalue weighted by atomic mass is 32.1. The van der Waals surface area contributed by atoms with Crippen LogP contribution in [0.5, 0.6) is 0 Å². The molecule has 166 valence electrons. The fourth-order valence-corrected chi connectivity index (χ4v) is 4.69. The Balaban J connectivity index is 1.42. The predicted octanol–water partition coefficient (Wildman–Crippen LogP) is 5.13. The molecule has 0 bridgehead atoms. The molecule has 1 atom stereocenters. The highest BCUT2D eigenvalue weighted by Gasteiger charge is 2.30. The molecule has 1 unspecified atom stereocenters. The van der Waals surface area contributed by atoms with E-state index >= 15 is 0 Å². The lowest BCUT2D eigenvalue weighted by Gasteiger charge is -2.31. The van der Waals surface area contributed by atoms with Crippen LogP contribution in [0.15, 0.2) is 48.0 Å². The third kappa shape index (κ3) is 4.88. The molecule has 0 spiro atoms. The molecule has 1 N–H and O–H groups in total. The molecule has 1 saturated heterocycles. The van der Waals surface area contributed by atoms with E-state index in [0.717, 1.165) is 29.0 Å². The average Bonchev–Trinajstić information content (AvgIpc) is 3.30. The van der Waals surface area contributed by atoms with Crippen LogP contribution in [-0.2, 0) is 4.79 Å². The van der Waals surface area contributed by atoms with Crippen LogP contribution in [0.3, 0.4) is 0 Å². The zero-order chi connectivity index (χ0) is 22.7. The molecule has 3 aromatic rings. The number of carbonyl (C=O) groups excluding carboxylic acids is 2. The Morgan fingerprint density at radius 2 is 1.97 bits per heavy atom. The van der Waals surface area contributed by atoms with Gasteiger partial charge in [-0.2, -0.15) is 0 Å². The van der Waals surface area contributed by atoms with Gasteiger partial charge in [-0.1, -0.05) is 44.2 Å². The fourth-order valence-electron chi connectivity index (χ4n) is 3.89. The monoisotopic (exact) mass is 448 g/mol. The summed E-state index contributed by atoms with van der Waals surface area (Å²) >= 11 is 1.47. The number of aromatic nitrogens is 2. The number of likely N-dealkylation sites (tertiary alicyclic amines) is 1. The molecule has 3 heterocycles. The van der Waals surface area contributed by atoms with Crippen molar-refractivity contribution in [2.75, 3.05) is 18.4 Å². The lowest BCUT2D eigenvalue weighted by atomic mass is 9.97. The molecule has 0 saturated carbocycles. The Morgan fingerprint density at radius 3 is 2.69 bits per heavy atom. The molecule has 7 heteroatoms. The number of nitrogens with one attached hydrogen (secondary N) is 1. The van der Waals surface area contributed by atoms with Gasteiger partial charge in [0.05, 0.1) is 5.92 Å². The molecule has 1 fully saturated rings. The van der Waals surface area contributed by atoms with E-state index in [-0.39, 0.29) is 17.7 Å². The molecule has 2 amide bonds. The molecular formula is C25H28N4O2S. The van der Waals surface area contributed by atoms with E-state index in [4.69, 9.17) is 0 Å². The van der Waals surface area contributed by atoms with Crippen molar-refractivity contribution in [1.82, 2.24) is 14.9 Å². The van der Waals surface area contributed by atoms with Crippen molar-refractivity contribution < 1.29 is 9.59 Å². The number of aryl methyl sites for hydroxylation is 1. The van der Waals surface area contributed by atoms with Gasteiger partial charge in [0.15, 0.2) is 0 Å². The van der Waals surface area contributed by atoms with Crippen LogP contribution in [0.25, 0.3) is 10.6 Å². The number of piperidine rings is 1. The van der Waals surface area contributed by atoms with Gasteiger partial charge in [-0.05, 0) is 42.9 Å². The van der Waals surface area contributed by atoms with Crippen LogP contribution < -0.4 is 5.32 Å². The lowest BCUT2D eigenvalue weighted by molar-refractivity contribution is -0.121. The molecule has 1 aromatic carbocycles. The third-order valence-electron chi connectivity index (χ3n) is 5.88. The van der Waals surface area contributed by atoms with E-state index < -0.39 is 0 Å². The number of amides is 2. The predicted molar refractivity (Wildman–Crippen MR) is 128 cm³/mol. The van der Waals surface area contributed by atoms with E-state index in [9.17, 15) is 9.59 Å². The summed E-state index contributed by atoms with van der Waals surface area (Å²) < 4.78 is 0. The second kappa shape index (κ2) is 9.61. The van der Waals surface area contributed by atoms with Gasteiger partial charge in [0.25, 0.3) is 5.91 Å². The van der Waals surface area contributed by atoms with Crippen LogP contribution in [0.4, 0.5) is 5.82 Å². The number of hydrogen-bond acceptors (Lipinski definition) is 5. The summed E-state index contributed by atoms with van der Waals surface area (Å²) in [5.74, 6) is 0.596. The second-order valence-electron chi connectivity index (χ2n) is 8.56. The Hall–Kier alpha value is -3.06. The van der Waals surface area contributed by atoms with Gasteiger partial charge in [-0.25, -0.2) is 9.97 Å². The molecule has 0 aliphatic carbocycles. The summed E-state index contributed by atoms with van der Waals surface area (Å²) in [4.78, 5) is 36.5. The minimum Gasteiger partial charge on any atom is -0.336 e. The van der Waals surface area contributed by atoms with Crippen molar-refractivity contribution in [3.8, 4) is 10.6 Å². The Bertz CT molecular complexity index is 1110. The molecule has 1 aliphatic rings. The van der Waals surface area contributed by atoms with E-state index in [0.29, 0.717) is 30.5 Å². The van der Waals surface area contributed by atoms with Crippen molar-refractivity contribution in [2.24, 2.45) is 5.92 Å². The SMILES string of the molecule is Cc1cccnc1NC(=O)C1CCCN(C(=O)c2csc(-c3ccc(C(C)C)cc3)n2)C1. The number of pyridine rings is 1. The molecular weight excluding hydrogens is 420 g/mol. The Morgan fingerprint density at radius 1 is 1.19 bits per heavy atom. The summed E-state index contributed by atoms with van der Waals surface area (Å²) in [6.07, 6.45) is 3.21. The maximum Gasteiger partial charge on any atom is 0.273 e. The topological polar surface area (TPSA) is 75.2 Å². The number of rotatable bonds is 5. The van der Waals surface area contributed by atoms with Gasteiger partial charge in [-0.3, -0.25) is 9.59 Å². The first kappa shape index (κ1) is 22.1. The van der Waals surface area contributed by atoms with Gasteiger partial charge in [0, 0.05) is 30.2 Å². The average molecular weight is 449 g/mol. The van der Waals surface area contributed by atoms with Gasteiger partial charge >= 0.3 is 0 Å². The first-order valence-corrected chi connectivity index (χ1v) is 11.9. The maximum absolute atomic E-state index is 13.1. The zero-order valence-corrected chi connectivity index (χ0v) is 19.5. The molecule has 6 nitrogen and oxygen atoms in total. The minimum atomic E-state index is -0.254. The highest BCUT2D eigenvalue weighted by Crippen LogP contribution is 2.27. The van der Waals surface area contributed by atoms with Crippen molar-refractivity contribution in [3.05, 3.63) is 64.8 Å². The second-order valence-corrected chi connectivity index (χ2v) is 9.42. The van der Waals surface area contributed by atoms with E-state index in [2.05, 4.69) is 53.4 Å². The summed E-state index contributed by atoms with van der Waals surface area (Å²) in [7, 11) is 0. The van der Waals surface area contributed by atoms with Crippen LogP contribution in [0.2, 0.25) is 0 Å². The Kier molecular flexibility index (Phi) is 6.65. The van der Waals surface area contributed by atoms with E-state index in [1.54, 1.807) is 11.1 Å². The fraction of sp³-hybridized carbons (Fsp3) is 0.360. The van der Waals surface area contributed by atoms with Crippen molar-refractivity contribution in [1.29, 1.82) is 0 Å². The highest BCUT2D eigenvalue weighted by molar-refractivity contribution is 7.13. The van der Waals surface area contributed by atoms with Crippen molar-refractivity contribution >= 4 is 29.0 Å². The number of carbonyl (C=O) groups is 2. The first-order valence-electron chi connectivity index (χ1n) is 11.0. The van der Waals surface area contributed by atoms with Crippen molar-refractivity contribution in [2.45, 2.75) is 39.5 Å². The summed E-state index contributed by atoms with van der Waals surface area (Å²) in [6.45, 7) is 7.28. The summed E-state index contributed by atoms with van der Waals surface area (Å²) in [6, 6.07) is 12.1.